The molecule has 0 aromatic heterocycles. The second-order valence-corrected chi connectivity index (χ2v) is 10.7. The van der Waals surface area contributed by atoms with E-state index in [1.807, 2.05) is 86.6 Å². The molecule has 2 fully saturated rings. The van der Waals surface area contributed by atoms with Gasteiger partial charge in [-0.25, -0.2) is 4.79 Å². The van der Waals surface area contributed by atoms with Crippen LogP contribution in [0.15, 0.2) is 24.3 Å². The summed E-state index contributed by atoms with van der Waals surface area (Å²) in [5, 5.41) is 0. The standard InChI is InChI=1S/C23H36BNO6/c1-20(2,3)29-19(26)25-17(15-28-23(25,8)9)14-27-18-12-10-16(11-13-18)24-30-21(4,5)22(6,7)31-24/h10-13,17H,14-15H2,1-9H3. The van der Waals surface area contributed by atoms with Crippen molar-refractivity contribution >= 4 is 18.7 Å². The normalized spacial score (nSPS) is 24.4. The Balaban J connectivity index is 1.63. The minimum absolute atomic E-state index is 0.243. The number of amides is 1. The van der Waals surface area contributed by atoms with E-state index in [1.165, 1.54) is 0 Å². The predicted molar refractivity (Wildman–Crippen MR) is 120 cm³/mol. The highest BCUT2D eigenvalue weighted by Gasteiger charge is 2.51. The summed E-state index contributed by atoms with van der Waals surface area (Å²) >= 11 is 0. The lowest BCUT2D eigenvalue weighted by atomic mass is 9.79. The van der Waals surface area contributed by atoms with E-state index < -0.39 is 24.5 Å². The van der Waals surface area contributed by atoms with Crippen molar-refractivity contribution in [2.75, 3.05) is 13.2 Å². The third kappa shape index (κ3) is 5.18. The molecule has 0 bridgehead atoms. The van der Waals surface area contributed by atoms with Crippen LogP contribution in [0.3, 0.4) is 0 Å². The molecule has 8 heteroatoms. The van der Waals surface area contributed by atoms with Gasteiger partial charge in [0.25, 0.3) is 0 Å². The molecule has 0 saturated carbocycles. The number of benzene rings is 1. The van der Waals surface area contributed by atoms with Crippen LogP contribution in [0.5, 0.6) is 5.75 Å². The van der Waals surface area contributed by atoms with Crippen molar-refractivity contribution in [3.63, 3.8) is 0 Å². The number of ether oxygens (including phenoxy) is 3. The quantitative estimate of drug-likeness (QED) is 0.675. The molecule has 0 radical (unpaired) electrons. The number of hydrogen-bond donors (Lipinski definition) is 0. The second kappa shape index (κ2) is 7.98. The topological polar surface area (TPSA) is 66.5 Å². The molecule has 1 aromatic carbocycles. The van der Waals surface area contributed by atoms with Crippen molar-refractivity contribution in [2.24, 2.45) is 0 Å². The van der Waals surface area contributed by atoms with Gasteiger partial charge in [-0.2, -0.15) is 0 Å². The molecule has 1 aromatic rings. The fourth-order valence-corrected chi connectivity index (χ4v) is 3.58. The van der Waals surface area contributed by atoms with Crippen LogP contribution in [-0.2, 0) is 18.8 Å². The summed E-state index contributed by atoms with van der Waals surface area (Å²) in [6.45, 7) is 18.1. The maximum Gasteiger partial charge on any atom is 0.494 e. The maximum atomic E-state index is 12.7. The first-order valence-electron chi connectivity index (χ1n) is 10.9. The highest BCUT2D eigenvalue weighted by Crippen LogP contribution is 2.36. The molecule has 2 saturated heterocycles. The van der Waals surface area contributed by atoms with Crippen molar-refractivity contribution in [3.8, 4) is 5.75 Å². The molecule has 1 unspecified atom stereocenters. The first kappa shape index (κ1) is 23.9. The molecule has 7 nitrogen and oxygen atoms in total. The molecule has 0 N–H and O–H groups in total. The first-order chi connectivity index (χ1) is 14.1. The fourth-order valence-electron chi connectivity index (χ4n) is 3.58. The van der Waals surface area contributed by atoms with Crippen molar-refractivity contribution < 1.29 is 28.3 Å². The Hall–Kier alpha value is -1.77. The van der Waals surface area contributed by atoms with Crippen LogP contribution in [0.25, 0.3) is 0 Å². The van der Waals surface area contributed by atoms with Gasteiger partial charge in [-0.15, -0.1) is 0 Å². The lowest BCUT2D eigenvalue weighted by Gasteiger charge is -2.35. The Kier molecular flexibility index (Phi) is 6.15. The molecule has 0 aliphatic carbocycles. The number of nitrogens with zero attached hydrogens (tertiary/aromatic N) is 1. The molecular formula is C23H36BNO6. The molecule has 2 heterocycles. The van der Waals surface area contributed by atoms with Crippen LogP contribution in [0.1, 0.15) is 62.3 Å². The van der Waals surface area contributed by atoms with Crippen molar-refractivity contribution in [2.45, 2.75) is 90.9 Å². The Morgan fingerprint density at radius 3 is 2.13 bits per heavy atom. The Morgan fingerprint density at radius 2 is 1.61 bits per heavy atom. The SMILES string of the molecule is CC(C)(C)OC(=O)N1C(COc2ccc(B3OC(C)(C)C(C)(C)O3)cc2)COC1(C)C. The van der Waals surface area contributed by atoms with Gasteiger partial charge in [-0.3, -0.25) is 4.90 Å². The van der Waals surface area contributed by atoms with Crippen molar-refractivity contribution in [1.29, 1.82) is 0 Å². The van der Waals surface area contributed by atoms with Gasteiger partial charge in [0, 0.05) is 0 Å². The van der Waals surface area contributed by atoms with Crippen molar-refractivity contribution in [1.82, 2.24) is 4.90 Å². The van der Waals surface area contributed by atoms with E-state index in [-0.39, 0.29) is 17.2 Å². The molecule has 2 aliphatic rings. The van der Waals surface area contributed by atoms with Gasteiger partial charge in [0.1, 0.15) is 23.7 Å². The van der Waals surface area contributed by atoms with E-state index in [0.29, 0.717) is 19.0 Å². The van der Waals surface area contributed by atoms with Crippen LogP contribution in [0, 0.1) is 0 Å². The minimum Gasteiger partial charge on any atom is -0.491 e. The van der Waals surface area contributed by atoms with Gasteiger partial charge in [0.15, 0.2) is 0 Å². The van der Waals surface area contributed by atoms with Crippen LogP contribution < -0.4 is 10.2 Å². The number of rotatable bonds is 4. The monoisotopic (exact) mass is 433 g/mol. The lowest BCUT2D eigenvalue weighted by Crippen LogP contribution is -2.51. The number of carbonyl (C=O) groups is 1. The predicted octanol–water partition coefficient (Wildman–Crippen LogP) is 3.74. The van der Waals surface area contributed by atoms with E-state index in [2.05, 4.69) is 0 Å². The van der Waals surface area contributed by atoms with Crippen LogP contribution in [0.2, 0.25) is 0 Å². The van der Waals surface area contributed by atoms with Gasteiger partial charge < -0.3 is 23.5 Å². The van der Waals surface area contributed by atoms with Gasteiger partial charge in [0.2, 0.25) is 0 Å². The highest BCUT2D eigenvalue weighted by molar-refractivity contribution is 6.62. The molecule has 3 rings (SSSR count). The van der Waals surface area contributed by atoms with Crippen molar-refractivity contribution in [3.05, 3.63) is 24.3 Å². The van der Waals surface area contributed by atoms with Gasteiger partial charge in [-0.05, 0) is 79.9 Å². The summed E-state index contributed by atoms with van der Waals surface area (Å²) in [5.74, 6) is 0.703. The molecule has 31 heavy (non-hydrogen) atoms. The van der Waals surface area contributed by atoms with Crippen LogP contribution >= 0.6 is 0 Å². The van der Waals surface area contributed by atoms with Crippen LogP contribution in [-0.4, -0.2) is 59.9 Å². The molecule has 2 aliphatic heterocycles. The van der Waals surface area contributed by atoms with Gasteiger partial charge in [-0.1, -0.05) is 12.1 Å². The molecular weight excluding hydrogens is 397 g/mol. The van der Waals surface area contributed by atoms with Gasteiger partial charge in [0.05, 0.1) is 23.9 Å². The van der Waals surface area contributed by atoms with E-state index in [9.17, 15) is 4.79 Å². The Labute approximate surface area is 186 Å². The summed E-state index contributed by atoms with van der Waals surface area (Å²) in [6, 6.07) is 7.42. The Morgan fingerprint density at radius 1 is 1.06 bits per heavy atom. The first-order valence-corrected chi connectivity index (χ1v) is 10.9. The summed E-state index contributed by atoms with van der Waals surface area (Å²) in [4.78, 5) is 14.4. The average molecular weight is 433 g/mol. The number of carbonyl (C=O) groups excluding carboxylic acids is 1. The van der Waals surface area contributed by atoms with E-state index in [4.69, 9.17) is 23.5 Å². The zero-order valence-corrected chi connectivity index (χ0v) is 20.3. The second-order valence-electron chi connectivity index (χ2n) is 10.7. The molecule has 172 valence electrons. The van der Waals surface area contributed by atoms with E-state index in [1.54, 1.807) is 4.90 Å². The van der Waals surface area contributed by atoms with E-state index in [0.717, 1.165) is 5.46 Å². The maximum absolute atomic E-state index is 12.7. The Bertz CT molecular complexity index is 783. The van der Waals surface area contributed by atoms with Gasteiger partial charge >= 0.3 is 13.2 Å². The number of hydrogen-bond acceptors (Lipinski definition) is 6. The van der Waals surface area contributed by atoms with E-state index >= 15 is 0 Å². The summed E-state index contributed by atoms with van der Waals surface area (Å²) in [5.41, 5.74) is -1.16. The minimum atomic E-state index is -0.753. The molecule has 1 amide bonds. The summed E-state index contributed by atoms with van der Waals surface area (Å²) in [7, 11) is -0.411. The zero-order chi connectivity index (χ0) is 23.2. The average Bonchev–Trinajstić information content (AvgIpc) is 3.03. The lowest BCUT2D eigenvalue weighted by molar-refractivity contribution is -0.0637. The third-order valence-corrected chi connectivity index (χ3v) is 6.01. The zero-order valence-electron chi connectivity index (χ0n) is 20.3. The summed E-state index contributed by atoms with van der Waals surface area (Å²) < 4.78 is 29.6. The molecule has 1 atom stereocenters. The fraction of sp³-hybridized carbons (Fsp3) is 0.696. The summed E-state index contributed by atoms with van der Waals surface area (Å²) in [6.07, 6.45) is -0.403. The smallest absolute Gasteiger partial charge is 0.491 e. The third-order valence-electron chi connectivity index (χ3n) is 6.01. The largest absolute Gasteiger partial charge is 0.494 e. The highest BCUT2D eigenvalue weighted by atomic mass is 16.7. The molecule has 0 spiro atoms. The van der Waals surface area contributed by atoms with Crippen LogP contribution in [0.4, 0.5) is 4.79 Å².